The van der Waals surface area contributed by atoms with Gasteiger partial charge in [0.05, 0.1) is 18.7 Å². The van der Waals surface area contributed by atoms with Crippen molar-refractivity contribution >= 4 is 18.0 Å². The van der Waals surface area contributed by atoms with Crippen LogP contribution in [0.5, 0.6) is 0 Å². The van der Waals surface area contributed by atoms with Gasteiger partial charge in [-0.15, -0.1) is 0 Å². The Morgan fingerprint density at radius 3 is 1.78 bits per heavy atom. The number of carbonyl (C=O) groups is 3. The molecule has 2 aliphatic heterocycles. The third-order valence-electron chi connectivity index (χ3n) is 3.78. The summed E-state index contributed by atoms with van der Waals surface area (Å²) < 4.78 is 10.3. The molecule has 2 rings (SSSR count). The molecule has 0 saturated carbocycles. The maximum absolute atomic E-state index is 11.5. The molecule has 8 nitrogen and oxygen atoms in total. The molecule has 2 saturated heterocycles. The van der Waals surface area contributed by atoms with Crippen LogP contribution in [-0.4, -0.2) is 75.9 Å². The van der Waals surface area contributed by atoms with E-state index >= 15 is 0 Å². The third kappa shape index (κ3) is 9.08. The fraction of sp³-hybridized carbons (Fsp3) is 0.842. The van der Waals surface area contributed by atoms with E-state index < -0.39 is 22.9 Å². The highest BCUT2D eigenvalue weighted by molar-refractivity contribution is 5.87. The van der Waals surface area contributed by atoms with Crippen molar-refractivity contribution in [1.82, 2.24) is 9.80 Å². The zero-order valence-electron chi connectivity index (χ0n) is 17.6. The summed E-state index contributed by atoms with van der Waals surface area (Å²) in [6.45, 7) is 14.3. The van der Waals surface area contributed by atoms with E-state index in [0.717, 1.165) is 0 Å². The second-order valence-electron chi connectivity index (χ2n) is 9.34. The minimum absolute atomic E-state index is 0.103. The predicted molar refractivity (Wildman–Crippen MR) is 100 cm³/mol. The van der Waals surface area contributed by atoms with Gasteiger partial charge < -0.3 is 24.4 Å². The molecule has 1 atom stereocenters. The second kappa shape index (κ2) is 8.46. The first-order valence-corrected chi connectivity index (χ1v) is 9.28. The van der Waals surface area contributed by atoms with Crippen molar-refractivity contribution in [3.05, 3.63) is 0 Å². The molecule has 0 bridgehead atoms. The highest BCUT2D eigenvalue weighted by atomic mass is 16.6. The van der Waals surface area contributed by atoms with E-state index in [2.05, 4.69) is 0 Å². The number of hydrogen-bond acceptors (Lipinski definition) is 6. The van der Waals surface area contributed by atoms with E-state index in [-0.39, 0.29) is 18.4 Å². The molecule has 2 aliphatic rings. The Morgan fingerprint density at radius 1 is 0.963 bits per heavy atom. The number of Topliss-reactive ketones (excluding diaryl/α,β-unsaturated/α-hetero) is 1. The third-order valence-corrected chi connectivity index (χ3v) is 3.78. The van der Waals surface area contributed by atoms with Crippen LogP contribution in [0, 0.1) is 0 Å². The Kier molecular flexibility index (Phi) is 7.27. The molecule has 156 valence electrons. The number of likely N-dealkylation sites (tertiary alicyclic amines) is 2. The number of aliphatic hydroxyl groups is 1. The number of ketones is 1. The highest BCUT2D eigenvalue weighted by Gasteiger charge is 2.36. The fourth-order valence-corrected chi connectivity index (χ4v) is 2.54. The van der Waals surface area contributed by atoms with E-state index in [9.17, 15) is 19.5 Å². The number of β-amino-alcohol motifs (C(OH)–C–C–N with tert-alkyl or cyclic N) is 1. The molecule has 2 amide bonds. The van der Waals surface area contributed by atoms with Crippen molar-refractivity contribution in [2.45, 2.75) is 78.1 Å². The second-order valence-corrected chi connectivity index (χ2v) is 9.34. The van der Waals surface area contributed by atoms with Crippen LogP contribution >= 0.6 is 0 Å². The van der Waals surface area contributed by atoms with Crippen LogP contribution in [0.25, 0.3) is 0 Å². The van der Waals surface area contributed by atoms with Gasteiger partial charge in [0.1, 0.15) is 11.2 Å². The monoisotopic (exact) mass is 386 g/mol. The number of rotatable bonds is 0. The topological polar surface area (TPSA) is 96.4 Å². The molecule has 0 spiro atoms. The fourth-order valence-electron chi connectivity index (χ4n) is 2.54. The first-order valence-electron chi connectivity index (χ1n) is 9.28. The Morgan fingerprint density at radius 2 is 1.44 bits per heavy atom. The normalized spacial score (nSPS) is 23.0. The lowest BCUT2D eigenvalue weighted by Gasteiger charge is -2.25. The Bertz CT molecular complexity index is 560. The van der Waals surface area contributed by atoms with Gasteiger partial charge in [0.15, 0.2) is 5.78 Å². The van der Waals surface area contributed by atoms with E-state index in [4.69, 9.17) is 9.47 Å². The number of carbonyl (C=O) groups excluding carboxylic acids is 3. The summed E-state index contributed by atoms with van der Waals surface area (Å²) in [4.78, 5) is 36.8. The van der Waals surface area contributed by atoms with E-state index in [1.54, 1.807) is 11.8 Å². The molecule has 0 radical (unpaired) electrons. The summed E-state index contributed by atoms with van der Waals surface area (Å²) in [6.07, 6.45) is 0.347. The lowest BCUT2D eigenvalue weighted by atomic mass is 10.1. The molecular weight excluding hydrogens is 352 g/mol. The van der Waals surface area contributed by atoms with Crippen LogP contribution in [0.4, 0.5) is 9.59 Å². The van der Waals surface area contributed by atoms with Gasteiger partial charge in [-0.1, -0.05) is 0 Å². The maximum Gasteiger partial charge on any atom is 0.410 e. The SMILES string of the molecule is CC(C)(C)OC(=O)N1CCC(=O)C1.CC1(O)CCN(C(=O)OC(C)(C)C)C1. The van der Waals surface area contributed by atoms with Gasteiger partial charge in [0, 0.05) is 19.5 Å². The lowest BCUT2D eigenvalue weighted by Crippen LogP contribution is -2.37. The standard InChI is InChI=1S/C10H19NO3.C9H15NO3/c1-9(2,3)14-8(12)11-6-5-10(4,13)7-11;1-9(2,3)13-8(12)10-5-4-7(11)6-10/h13H,5-7H2,1-4H3;4-6H2,1-3H3. The first-order chi connectivity index (χ1) is 12.1. The van der Waals surface area contributed by atoms with E-state index in [1.165, 1.54) is 4.90 Å². The van der Waals surface area contributed by atoms with Gasteiger partial charge in [-0.2, -0.15) is 0 Å². The van der Waals surface area contributed by atoms with Crippen LogP contribution < -0.4 is 0 Å². The first kappa shape index (κ1) is 23.2. The van der Waals surface area contributed by atoms with Crippen LogP contribution in [0.15, 0.2) is 0 Å². The lowest BCUT2D eigenvalue weighted by molar-refractivity contribution is -0.116. The van der Waals surface area contributed by atoms with E-state index in [0.29, 0.717) is 32.5 Å². The Labute approximate surface area is 161 Å². The summed E-state index contributed by atoms with van der Waals surface area (Å²) in [5.41, 5.74) is -1.70. The minimum atomic E-state index is -0.753. The van der Waals surface area contributed by atoms with Crippen molar-refractivity contribution in [1.29, 1.82) is 0 Å². The number of ether oxygens (including phenoxy) is 2. The molecule has 0 aliphatic carbocycles. The van der Waals surface area contributed by atoms with E-state index in [1.807, 2.05) is 41.5 Å². The molecule has 0 aromatic heterocycles. The largest absolute Gasteiger partial charge is 0.444 e. The smallest absolute Gasteiger partial charge is 0.410 e. The number of nitrogens with zero attached hydrogens (tertiary/aromatic N) is 2. The van der Waals surface area contributed by atoms with Gasteiger partial charge in [0.25, 0.3) is 0 Å². The minimum Gasteiger partial charge on any atom is -0.444 e. The summed E-state index contributed by atoms with van der Waals surface area (Å²) in [5.74, 6) is 0.103. The molecular formula is C19H34N2O6. The molecule has 2 heterocycles. The van der Waals surface area contributed by atoms with Gasteiger partial charge in [0.2, 0.25) is 0 Å². The molecule has 0 aromatic rings. The molecule has 0 aromatic carbocycles. The van der Waals surface area contributed by atoms with Crippen LogP contribution in [0.1, 0.15) is 61.3 Å². The number of amides is 2. The van der Waals surface area contributed by atoms with Crippen molar-refractivity contribution in [2.75, 3.05) is 26.2 Å². The van der Waals surface area contributed by atoms with Crippen LogP contribution in [0.2, 0.25) is 0 Å². The molecule has 8 heteroatoms. The summed E-state index contributed by atoms with van der Waals surface area (Å²) in [6, 6.07) is 0. The summed E-state index contributed by atoms with van der Waals surface area (Å²) in [7, 11) is 0. The average molecular weight is 386 g/mol. The van der Waals surface area contributed by atoms with Gasteiger partial charge in [-0.25, -0.2) is 9.59 Å². The quantitative estimate of drug-likeness (QED) is 0.687. The summed E-state index contributed by atoms with van der Waals surface area (Å²) in [5, 5.41) is 9.66. The van der Waals surface area contributed by atoms with Gasteiger partial charge >= 0.3 is 12.2 Å². The van der Waals surface area contributed by atoms with Crippen LogP contribution in [0.3, 0.4) is 0 Å². The molecule has 1 N–H and O–H groups in total. The Hall–Kier alpha value is -1.83. The van der Waals surface area contributed by atoms with Gasteiger partial charge in [-0.05, 0) is 54.9 Å². The molecule has 1 unspecified atom stereocenters. The van der Waals surface area contributed by atoms with Crippen molar-refractivity contribution in [3.63, 3.8) is 0 Å². The summed E-state index contributed by atoms with van der Waals surface area (Å²) >= 11 is 0. The van der Waals surface area contributed by atoms with Crippen molar-refractivity contribution in [2.24, 2.45) is 0 Å². The maximum atomic E-state index is 11.5. The average Bonchev–Trinajstić information content (AvgIpc) is 3.01. The molecule has 27 heavy (non-hydrogen) atoms. The van der Waals surface area contributed by atoms with Crippen LogP contribution in [-0.2, 0) is 14.3 Å². The van der Waals surface area contributed by atoms with Crippen molar-refractivity contribution < 1.29 is 29.0 Å². The molecule has 2 fully saturated rings. The van der Waals surface area contributed by atoms with Gasteiger partial charge in [-0.3, -0.25) is 4.79 Å². The van der Waals surface area contributed by atoms with Crippen molar-refractivity contribution in [3.8, 4) is 0 Å². The zero-order chi connectivity index (χ0) is 21.0. The highest BCUT2D eigenvalue weighted by Crippen LogP contribution is 2.22. The zero-order valence-corrected chi connectivity index (χ0v) is 17.6. The Balaban J connectivity index is 0.000000271. The number of hydrogen-bond donors (Lipinski definition) is 1. The predicted octanol–water partition coefficient (Wildman–Crippen LogP) is 2.57.